The average molecular weight is 417 g/mol. The zero-order valence-electron chi connectivity index (χ0n) is 13.5. The molecular weight excluding hydrogens is 403 g/mol. The number of carbonyl (C=O) groups excluding carboxylic acids is 2. The number of pyridine rings is 1. The van der Waals surface area contributed by atoms with E-state index in [4.69, 9.17) is 4.74 Å². The van der Waals surface area contributed by atoms with Crippen molar-refractivity contribution in [2.24, 2.45) is 0 Å². The van der Waals surface area contributed by atoms with Crippen LogP contribution in [-0.4, -0.2) is 23.4 Å². The van der Waals surface area contributed by atoms with Gasteiger partial charge in [0.25, 0.3) is 5.91 Å². The van der Waals surface area contributed by atoms with Crippen molar-refractivity contribution in [2.45, 2.75) is 6.61 Å². The number of amides is 1. The second kappa shape index (κ2) is 8.05. The first-order valence-corrected chi connectivity index (χ1v) is 8.55. The Balaban J connectivity index is 1.57. The molecule has 1 aromatic heterocycles. The topological polar surface area (TPSA) is 68.3 Å². The number of nitrogens with one attached hydrogen (secondary N) is 1. The maximum Gasteiger partial charge on any atom is 0.325 e. The molecule has 3 aromatic rings. The minimum Gasteiger partial charge on any atom is -0.459 e. The van der Waals surface area contributed by atoms with E-state index in [1.807, 2.05) is 0 Å². The summed E-state index contributed by atoms with van der Waals surface area (Å²) < 4.78 is 19.8. The van der Waals surface area contributed by atoms with Crippen LogP contribution in [0.2, 0.25) is 0 Å². The molecule has 0 fully saturated rings. The number of aromatic nitrogens is 1. The highest BCUT2D eigenvalue weighted by Crippen LogP contribution is 2.20. The number of hydrogen-bond acceptors (Lipinski definition) is 4. The van der Waals surface area contributed by atoms with E-state index >= 15 is 0 Å². The van der Waals surface area contributed by atoms with Gasteiger partial charge in [-0.25, -0.2) is 4.39 Å². The molecule has 0 bridgehead atoms. The smallest absolute Gasteiger partial charge is 0.325 e. The lowest BCUT2D eigenvalue weighted by molar-refractivity contribution is -0.143. The molecule has 7 heteroatoms. The molecule has 0 atom stereocenters. The number of benzene rings is 2. The number of ether oxygens (including phenoxy) is 1. The predicted octanol–water partition coefficient (Wildman–Crippen LogP) is 3.61. The molecule has 0 aliphatic heterocycles. The lowest BCUT2D eigenvalue weighted by Crippen LogP contribution is -2.30. The average Bonchev–Trinajstić information content (AvgIpc) is 2.66. The molecule has 0 radical (unpaired) electrons. The summed E-state index contributed by atoms with van der Waals surface area (Å²) in [5, 5.41) is 2.86. The number of rotatable bonds is 5. The monoisotopic (exact) mass is 416 g/mol. The van der Waals surface area contributed by atoms with Gasteiger partial charge in [-0.3, -0.25) is 14.6 Å². The molecule has 0 aliphatic rings. The van der Waals surface area contributed by atoms with Gasteiger partial charge in [0.1, 0.15) is 19.0 Å². The number of halogens is 2. The highest BCUT2D eigenvalue weighted by Gasteiger charge is 2.11. The molecule has 1 heterocycles. The maximum atomic E-state index is 13.8. The summed E-state index contributed by atoms with van der Waals surface area (Å²) in [7, 11) is 0. The van der Waals surface area contributed by atoms with Crippen molar-refractivity contribution in [1.82, 2.24) is 10.3 Å². The third-order valence-electron chi connectivity index (χ3n) is 3.69. The molecule has 1 N–H and O–H groups in total. The molecule has 3 rings (SSSR count). The van der Waals surface area contributed by atoms with Crippen LogP contribution in [0.1, 0.15) is 15.9 Å². The molecule has 0 saturated carbocycles. The van der Waals surface area contributed by atoms with Crippen LogP contribution in [0, 0.1) is 5.82 Å². The highest BCUT2D eigenvalue weighted by molar-refractivity contribution is 9.10. The van der Waals surface area contributed by atoms with Gasteiger partial charge < -0.3 is 10.1 Å². The second-order valence-corrected chi connectivity index (χ2v) is 6.37. The zero-order chi connectivity index (χ0) is 18.5. The standard InChI is InChI=1S/C19H14BrFN2O3/c20-14-6-3-12(4-7-14)19(25)23-10-17(24)26-11-13-5-8-16(21)15-2-1-9-22-18(13)15/h1-9H,10-11H2,(H,23,25). The third kappa shape index (κ3) is 4.23. The summed E-state index contributed by atoms with van der Waals surface area (Å²) in [5.74, 6) is -1.35. The summed E-state index contributed by atoms with van der Waals surface area (Å²) in [6.07, 6.45) is 1.55. The number of carbonyl (C=O) groups is 2. The maximum absolute atomic E-state index is 13.8. The van der Waals surface area contributed by atoms with Crippen LogP contribution in [0.4, 0.5) is 4.39 Å². The van der Waals surface area contributed by atoms with E-state index in [2.05, 4.69) is 26.2 Å². The summed E-state index contributed by atoms with van der Waals surface area (Å²) in [4.78, 5) is 28.0. The molecule has 26 heavy (non-hydrogen) atoms. The van der Waals surface area contributed by atoms with Gasteiger partial charge >= 0.3 is 5.97 Å². The van der Waals surface area contributed by atoms with Crippen molar-refractivity contribution in [1.29, 1.82) is 0 Å². The van der Waals surface area contributed by atoms with Crippen LogP contribution < -0.4 is 5.32 Å². The van der Waals surface area contributed by atoms with Gasteiger partial charge in [-0.05, 0) is 42.5 Å². The Bertz CT molecular complexity index is 961. The molecule has 1 amide bonds. The van der Waals surface area contributed by atoms with E-state index in [0.29, 0.717) is 22.0 Å². The van der Waals surface area contributed by atoms with Crippen LogP contribution in [0.25, 0.3) is 10.9 Å². The van der Waals surface area contributed by atoms with Crippen LogP contribution in [0.3, 0.4) is 0 Å². The summed E-state index contributed by atoms with van der Waals surface area (Å²) in [5.41, 5.74) is 1.48. The van der Waals surface area contributed by atoms with Crippen LogP contribution in [0.15, 0.2) is 59.2 Å². The first kappa shape index (κ1) is 18.0. The summed E-state index contributed by atoms with van der Waals surface area (Å²) in [6.45, 7) is -0.317. The molecule has 0 saturated heterocycles. The van der Waals surface area contributed by atoms with Crippen molar-refractivity contribution in [3.05, 3.63) is 76.1 Å². The van der Waals surface area contributed by atoms with E-state index in [0.717, 1.165) is 4.47 Å². The minimum absolute atomic E-state index is 0.0548. The van der Waals surface area contributed by atoms with E-state index in [1.165, 1.54) is 12.1 Å². The number of nitrogens with zero attached hydrogens (tertiary/aromatic N) is 1. The first-order valence-electron chi connectivity index (χ1n) is 7.76. The number of hydrogen-bond donors (Lipinski definition) is 1. The predicted molar refractivity (Wildman–Crippen MR) is 98.0 cm³/mol. The largest absolute Gasteiger partial charge is 0.459 e. The molecule has 2 aromatic carbocycles. The van der Waals surface area contributed by atoms with Gasteiger partial charge in [-0.1, -0.05) is 22.0 Å². The van der Waals surface area contributed by atoms with E-state index in [9.17, 15) is 14.0 Å². The normalized spacial score (nSPS) is 10.5. The second-order valence-electron chi connectivity index (χ2n) is 5.46. The van der Waals surface area contributed by atoms with Gasteiger partial charge in [0.15, 0.2) is 0 Å². The van der Waals surface area contributed by atoms with Crippen LogP contribution in [0.5, 0.6) is 0 Å². The fourth-order valence-corrected chi connectivity index (χ4v) is 2.64. The molecule has 0 aliphatic carbocycles. The molecule has 132 valence electrons. The number of esters is 1. The highest BCUT2D eigenvalue weighted by atomic mass is 79.9. The minimum atomic E-state index is -0.594. The van der Waals surface area contributed by atoms with E-state index in [1.54, 1.807) is 42.6 Å². The third-order valence-corrected chi connectivity index (χ3v) is 4.22. The Labute approximate surface area is 157 Å². The first-order chi connectivity index (χ1) is 12.5. The van der Waals surface area contributed by atoms with Crippen molar-refractivity contribution in [3.63, 3.8) is 0 Å². The summed E-state index contributed by atoms with van der Waals surface area (Å²) in [6, 6.07) is 12.8. The van der Waals surface area contributed by atoms with Crippen LogP contribution >= 0.6 is 15.9 Å². The van der Waals surface area contributed by atoms with Crippen molar-refractivity contribution in [2.75, 3.05) is 6.54 Å². The van der Waals surface area contributed by atoms with Gasteiger partial charge in [0.2, 0.25) is 0 Å². The quantitative estimate of drug-likeness (QED) is 0.645. The van der Waals surface area contributed by atoms with Gasteiger partial charge in [0, 0.05) is 27.2 Å². The van der Waals surface area contributed by atoms with E-state index < -0.39 is 5.97 Å². The SMILES string of the molecule is O=C(CNC(=O)c1ccc(Br)cc1)OCc1ccc(F)c2cccnc12. The molecule has 0 unspecified atom stereocenters. The van der Waals surface area contributed by atoms with Gasteiger partial charge in [0.05, 0.1) is 5.52 Å². The lowest BCUT2D eigenvalue weighted by Gasteiger charge is -2.09. The van der Waals surface area contributed by atoms with Crippen LogP contribution in [-0.2, 0) is 16.1 Å². The molecular formula is C19H14BrFN2O3. The van der Waals surface area contributed by atoms with Crippen molar-refractivity contribution >= 4 is 38.7 Å². The Morgan fingerprint density at radius 1 is 1.12 bits per heavy atom. The Kier molecular flexibility index (Phi) is 5.58. The Morgan fingerprint density at radius 2 is 1.88 bits per heavy atom. The molecule has 0 spiro atoms. The van der Waals surface area contributed by atoms with Gasteiger partial charge in [-0.2, -0.15) is 0 Å². The fourth-order valence-electron chi connectivity index (χ4n) is 2.38. The van der Waals surface area contributed by atoms with Crippen molar-refractivity contribution < 1.29 is 18.7 Å². The number of fused-ring (bicyclic) bond motifs is 1. The lowest BCUT2D eigenvalue weighted by atomic mass is 10.1. The van der Waals surface area contributed by atoms with Crippen molar-refractivity contribution in [3.8, 4) is 0 Å². The Hall–Kier alpha value is -2.80. The summed E-state index contributed by atoms with van der Waals surface area (Å²) >= 11 is 3.29. The van der Waals surface area contributed by atoms with E-state index in [-0.39, 0.29) is 24.9 Å². The zero-order valence-corrected chi connectivity index (χ0v) is 15.1. The fraction of sp³-hybridized carbons (Fsp3) is 0.105. The molecule has 5 nitrogen and oxygen atoms in total. The Morgan fingerprint density at radius 3 is 2.65 bits per heavy atom. The van der Waals surface area contributed by atoms with Gasteiger partial charge in [-0.15, -0.1) is 0 Å².